The Hall–Kier alpha value is -1.62. The van der Waals surface area contributed by atoms with Gasteiger partial charge in [-0.05, 0) is 38.3 Å². The number of rotatable bonds is 6. The van der Waals surface area contributed by atoms with Crippen molar-refractivity contribution in [3.8, 4) is 0 Å². The topological polar surface area (TPSA) is 63.2 Å². The van der Waals surface area contributed by atoms with Gasteiger partial charge in [-0.2, -0.15) is 0 Å². The van der Waals surface area contributed by atoms with Crippen LogP contribution in [0, 0.1) is 0 Å². The van der Waals surface area contributed by atoms with Crippen LogP contribution in [0.3, 0.4) is 0 Å². The fraction of sp³-hybridized carbons (Fsp3) is 0.625. The minimum atomic E-state index is -0.0609. The molecule has 0 bridgehead atoms. The molecule has 0 aromatic carbocycles. The van der Waals surface area contributed by atoms with Gasteiger partial charge in [0, 0.05) is 24.9 Å². The van der Waals surface area contributed by atoms with E-state index in [9.17, 15) is 4.79 Å². The third kappa shape index (κ3) is 4.17. The second-order valence-corrected chi connectivity index (χ2v) is 5.55. The fourth-order valence-electron chi connectivity index (χ4n) is 2.61. The minimum absolute atomic E-state index is 0.0285. The summed E-state index contributed by atoms with van der Waals surface area (Å²) in [6.45, 7) is 4.90. The molecule has 1 amide bonds. The fourth-order valence-corrected chi connectivity index (χ4v) is 2.61. The number of nitrogens with one attached hydrogen (secondary N) is 2. The molecule has 5 heteroatoms. The van der Waals surface area contributed by atoms with E-state index >= 15 is 0 Å². The monoisotopic (exact) mass is 291 g/mol. The molecule has 21 heavy (non-hydrogen) atoms. The minimum Gasteiger partial charge on any atom is -0.376 e. The van der Waals surface area contributed by atoms with E-state index in [4.69, 9.17) is 4.74 Å². The first-order valence-electron chi connectivity index (χ1n) is 7.75. The number of hydrogen-bond donors (Lipinski definition) is 2. The molecule has 0 radical (unpaired) electrons. The zero-order valence-electron chi connectivity index (χ0n) is 13.1. The van der Waals surface area contributed by atoms with Crippen LogP contribution in [0.5, 0.6) is 0 Å². The van der Waals surface area contributed by atoms with Crippen LogP contribution in [0.15, 0.2) is 12.1 Å². The van der Waals surface area contributed by atoms with E-state index in [0.717, 1.165) is 43.8 Å². The van der Waals surface area contributed by atoms with E-state index in [0.29, 0.717) is 5.56 Å². The van der Waals surface area contributed by atoms with Gasteiger partial charge in [-0.25, -0.2) is 4.98 Å². The number of pyridine rings is 1. The van der Waals surface area contributed by atoms with Crippen LogP contribution in [-0.4, -0.2) is 36.7 Å². The van der Waals surface area contributed by atoms with Gasteiger partial charge < -0.3 is 15.4 Å². The van der Waals surface area contributed by atoms with Gasteiger partial charge in [0.25, 0.3) is 5.91 Å². The molecule has 1 aliphatic rings. The standard InChI is InChI=1S/C16H25N3O2/c1-4-6-13-9-12(10-15(17-3)19-13)16(20)18-11(2)14-7-5-8-21-14/h9-11,14H,4-8H2,1-3H3,(H,17,19)(H,18,20). The Bertz CT molecular complexity index is 484. The third-order valence-electron chi connectivity index (χ3n) is 3.78. The number of aromatic nitrogens is 1. The number of aryl methyl sites for hydroxylation is 1. The highest BCUT2D eigenvalue weighted by molar-refractivity contribution is 5.95. The highest BCUT2D eigenvalue weighted by atomic mass is 16.5. The summed E-state index contributed by atoms with van der Waals surface area (Å²) in [4.78, 5) is 16.9. The van der Waals surface area contributed by atoms with Gasteiger partial charge in [-0.3, -0.25) is 4.79 Å². The molecule has 2 heterocycles. The van der Waals surface area contributed by atoms with Crippen LogP contribution in [0.4, 0.5) is 5.82 Å². The molecule has 116 valence electrons. The van der Waals surface area contributed by atoms with E-state index in [2.05, 4.69) is 22.5 Å². The Labute approximate surface area is 126 Å². The summed E-state index contributed by atoms with van der Waals surface area (Å²) < 4.78 is 5.62. The molecule has 0 saturated carbocycles. The van der Waals surface area contributed by atoms with Crippen LogP contribution >= 0.6 is 0 Å². The molecule has 5 nitrogen and oxygen atoms in total. The summed E-state index contributed by atoms with van der Waals surface area (Å²) in [6.07, 6.45) is 4.10. The Morgan fingerprint density at radius 1 is 1.52 bits per heavy atom. The lowest BCUT2D eigenvalue weighted by Gasteiger charge is -2.20. The molecule has 1 aliphatic heterocycles. The maximum Gasteiger partial charge on any atom is 0.251 e. The Kier molecular flexibility index (Phi) is 5.56. The van der Waals surface area contributed by atoms with Crippen LogP contribution < -0.4 is 10.6 Å². The lowest BCUT2D eigenvalue weighted by atomic mass is 10.1. The molecule has 1 aromatic rings. The van der Waals surface area contributed by atoms with Gasteiger partial charge in [0.05, 0.1) is 12.1 Å². The van der Waals surface area contributed by atoms with Crippen molar-refractivity contribution in [2.24, 2.45) is 0 Å². The van der Waals surface area contributed by atoms with Gasteiger partial charge in [-0.15, -0.1) is 0 Å². The predicted molar refractivity (Wildman–Crippen MR) is 83.7 cm³/mol. The van der Waals surface area contributed by atoms with Crippen LogP contribution in [0.2, 0.25) is 0 Å². The van der Waals surface area contributed by atoms with E-state index < -0.39 is 0 Å². The van der Waals surface area contributed by atoms with Crippen molar-refractivity contribution in [3.05, 3.63) is 23.4 Å². The van der Waals surface area contributed by atoms with Crippen LogP contribution in [-0.2, 0) is 11.2 Å². The molecular weight excluding hydrogens is 266 g/mol. The van der Waals surface area contributed by atoms with E-state index in [1.54, 1.807) is 6.07 Å². The average molecular weight is 291 g/mol. The molecule has 2 unspecified atom stereocenters. The van der Waals surface area contributed by atoms with Crippen molar-refractivity contribution in [3.63, 3.8) is 0 Å². The summed E-state index contributed by atoms with van der Waals surface area (Å²) in [6, 6.07) is 3.69. The van der Waals surface area contributed by atoms with Crippen LogP contribution in [0.25, 0.3) is 0 Å². The molecule has 2 rings (SSSR count). The van der Waals surface area contributed by atoms with Gasteiger partial charge in [0.2, 0.25) is 0 Å². The Morgan fingerprint density at radius 3 is 2.95 bits per heavy atom. The van der Waals surface area contributed by atoms with Gasteiger partial charge in [0.15, 0.2) is 0 Å². The maximum absolute atomic E-state index is 12.4. The summed E-state index contributed by atoms with van der Waals surface area (Å²) >= 11 is 0. The van der Waals surface area contributed by atoms with Crippen molar-refractivity contribution < 1.29 is 9.53 Å². The number of hydrogen-bond acceptors (Lipinski definition) is 4. The van der Waals surface area contributed by atoms with Gasteiger partial charge in [0.1, 0.15) is 5.82 Å². The number of nitrogens with zero attached hydrogens (tertiary/aromatic N) is 1. The van der Waals surface area contributed by atoms with E-state index in [1.165, 1.54) is 0 Å². The van der Waals surface area contributed by atoms with E-state index in [-0.39, 0.29) is 18.1 Å². The number of carbonyl (C=O) groups excluding carboxylic acids is 1. The van der Waals surface area contributed by atoms with Crippen molar-refractivity contribution in [2.75, 3.05) is 19.0 Å². The average Bonchev–Trinajstić information content (AvgIpc) is 3.01. The Morgan fingerprint density at radius 2 is 2.33 bits per heavy atom. The molecule has 2 atom stereocenters. The summed E-state index contributed by atoms with van der Waals surface area (Å²) in [5, 5.41) is 6.05. The first-order chi connectivity index (χ1) is 10.1. The maximum atomic E-state index is 12.4. The largest absolute Gasteiger partial charge is 0.376 e. The summed E-state index contributed by atoms with van der Waals surface area (Å²) in [7, 11) is 1.81. The van der Waals surface area contributed by atoms with Gasteiger partial charge >= 0.3 is 0 Å². The lowest BCUT2D eigenvalue weighted by Crippen LogP contribution is -2.40. The van der Waals surface area contributed by atoms with Crippen molar-refractivity contribution in [1.29, 1.82) is 0 Å². The first kappa shape index (κ1) is 15.8. The van der Waals surface area contributed by atoms with Crippen molar-refractivity contribution in [2.45, 2.75) is 51.7 Å². The quantitative estimate of drug-likeness (QED) is 0.844. The second kappa shape index (κ2) is 7.41. The zero-order valence-corrected chi connectivity index (χ0v) is 13.1. The van der Waals surface area contributed by atoms with E-state index in [1.807, 2.05) is 20.0 Å². The number of amides is 1. The molecule has 1 saturated heterocycles. The zero-order chi connectivity index (χ0) is 15.2. The van der Waals surface area contributed by atoms with Gasteiger partial charge in [-0.1, -0.05) is 13.3 Å². The smallest absolute Gasteiger partial charge is 0.251 e. The van der Waals surface area contributed by atoms with Crippen molar-refractivity contribution in [1.82, 2.24) is 10.3 Å². The number of carbonyl (C=O) groups is 1. The Balaban J connectivity index is 2.08. The summed E-state index contributed by atoms with van der Waals surface area (Å²) in [5.41, 5.74) is 1.60. The number of ether oxygens (including phenoxy) is 1. The molecule has 2 N–H and O–H groups in total. The molecule has 1 fully saturated rings. The summed E-state index contributed by atoms with van der Waals surface area (Å²) in [5.74, 6) is 0.671. The highest BCUT2D eigenvalue weighted by Gasteiger charge is 2.24. The lowest BCUT2D eigenvalue weighted by molar-refractivity contribution is 0.0712. The second-order valence-electron chi connectivity index (χ2n) is 5.55. The number of anilines is 1. The first-order valence-corrected chi connectivity index (χ1v) is 7.75. The molecule has 0 spiro atoms. The van der Waals surface area contributed by atoms with Crippen LogP contribution in [0.1, 0.15) is 49.2 Å². The third-order valence-corrected chi connectivity index (χ3v) is 3.78. The molecule has 1 aromatic heterocycles. The van der Waals surface area contributed by atoms with Crippen molar-refractivity contribution >= 4 is 11.7 Å². The predicted octanol–water partition coefficient (Wildman–Crippen LogP) is 2.37. The molecular formula is C16H25N3O2. The highest BCUT2D eigenvalue weighted by Crippen LogP contribution is 2.17. The normalized spacial score (nSPS) is 19.3. The molecule has 0 aliphatic carbocycles. The SMILES string of the molecule is CCCc1cc(C(=O)NC(C)C2CCCO2)cc(NC)n1.